The Labute approximate surface area is 205 Å². The van der Waals surface area contributed by atoms with Crippen molar-refractivity contribution in [2.45, 2.75) is 70.7 Å². The normalized spacial score (nSPS) is 15.4. The van der Waals surface area contributed by atoms with Gasteiger partial charge in [-0.05, 0) is 80.8 Å². The average Bonchev–Trinajstić information content (AvgIpc) is 2.82. The third-order valence-corrected chi connectivity index (χ3v) is 8.18. The van der Waals surface area contributed by atoms with E-state index >= 15 is 0 Å². The van der Waals surface area contributed by atoms with Gasteiger partial charge in [0.25, 0.3) is 0 Å². The van der Waals surface area contributed by atoms with E-state index in [1.165, 1.54) is 12.1 Å². The SMILES string of the molecule is CC[C@@H](C)[C@H](NS(=O)(=O)c1ccc(C)cc1)C(=O)Oc1cc(C)cc2oc(=O)c3c(c12)CCCC3. The van der Waals surface area contributed by atoms with Gasteiger partial charge in [-0.25, -0.2) is 18.0 Å². The van der Waals surface area contributed by atoms with Gasteiger partial charge in [-0.3, -0.25) is 0 Å². The maximum atomic E-state index is 13.4. The number of benzene rings is 2. The molecule has 0 spiro atoms. The summed E-state index contributed by atoms with van der Waals surface area (Å²) in [5, 5.41) is 0.613. The van der Waals surface area contributed by atoms with E-state index in [9.17, 15) is 18.0 Å². The number of sulfonamides is 1. The van der Waals surface area contributed by atoms with Crippen molar-refractivity contribution in [3.8, 4) is 5.75 Å². The van der Waals surface area contributed by atoms with Crippen LogP contribution in [0.1, 0.15) is 55.4 Å². The number of rotatable bonds is 7. The first kappa shape index (κ1) is 25.1. The highest BCUT2D eigenvalue weighted by Crippen LogP contribution is 2.35. The minimum Gasteiger partial charge on any atom is -0.425 e. The van der Waals surface area contributed by atoms with Gasteiger partial charge >= 0.3 is 11.6 Å². The molecular formula is C27H31NO6S. The van der Waals surface area contributed by atoms with Gasteiger partial charge < -0.3 is 9.15 Å². The average molecular weight is 498 g/mol. The van der Waals surface area contributed by atoms with Gasteiger partial charge in [0.05, 0.1) is 10.3 Å². The van der Waals surface area contributed by atoms with Crippen LogP contribution in [0.5, 0.6) is 5.75 Å². The molecule has 1 aromatic heterocycles. The van der Waals surface area contributed by atoms with Crippen molar-refractivity contribution in [1.29, 1.82) is 0 Å². The highest BCUT2D eigenvalue weighted by atomic mass is 32.2. The molecule has 0 amide bonds. The molecule has 4 rings (SSSR count). The van der Waals surface area contributed by atoms with Gasteiger partial charge in [0.2, 0.25) is 10.0 Å². The molecule has 35 heavy (non-hydrogen) atoms. The fourth-order valence-electron chi connectivity index (χ4n) is 4.50. The quantitative estimate of drug-likeness (QED) is 0.291. The van der Waals surface area contributed by atoms with Crippen LogP contribution in [0, 0.1) is 19.8 Å². The van der Waals surface area contributed by atoms with Crippen molar-refractivity contribution in [2.75, 3.05) is 0 Å². The minimum atomic E-state index is -3.95. The first-order valence-electron chi connectivity index (χ1n) is 12.0. The molecule has 0 saturated heterocycles. The smallest absolute Gasteiger partial charge is 0.339 e. The number of ether oxygens (including phenoxy) is 1. The molecule has 0 fully saturated rings. The Morgan fingerprint density at radius 3 is 2.37 bits per heavy atom. The molecule has 1 aliphatic rings. The molecule has 0 bridgehead atoms. The van der Waals surface area contributed by atoms with Crippen LogP contribution in [-0.2, 0) is 27.7 Å². The van der Waals surface area contributed by atoms with E-state index in [0.717, 1.165) is 29.5 Å². The van der Waals surface area contributed by atoms with E-state index in [-0.39, 0.29) is 22.2 Å². The molecule has 2 atom stereocenters. The standard InChI is InChI=1S/C27H31NO6S/c1-5-18(4)25(28-35(31,32)19-12-10-16(2)11-13-19)27(30)34-23-15-17(3)14-22-24(23)20-8-6-7-9-21(20)26(29)33-22/h10-15,18,25,28H,5-9H2,1-4H3/t18-,25+/m1/s1. The Balaban J connectivity index is 1.72. The van der Waals surface area contributed by atoms with Crippen molar-refractivity contribution in [3.63, 3.8) is 0 Å². The Hall–Kier alpha value is -2.97. The van der Waals surface area contributed by atoms with Gasteiger partial charge in [-0.15, -0.1) is 0 Å². The van der Waals surface area contributed by atoms with Crippen molar-refractivity contribution >= 4 is 27.0 Å². The summed E-state index contributed by atoms with van der Waals surface area (Å²) in [6.45, 7) is 7.38. The van der Waals surface area contributed by atoms with Crippen LogP contribution < -0.4 is 15.1 Å². The molecule has 186 valence electrons. The zero-order valence-corrected chi connectivity index (χ0v) is 21.3. The first-order chi connectivity index (χ1) is 16.6. The van der Waals surface area contributed by atoms with Crippen LogP contribution in [-0.4, -0.2) is 20.4 Å². The van der Waals surface area contributed by atoms with Crippen molar-refractivity contribution < 1.29 is 22.4 Å². The Morgan fingerprint density at radius 1 is 1.06 bits per heavy atom. The molecule has 0 saturated carbocycles. The van der Waals surface area contributed by atoms with Gasteiger partial charge in [-0.1, -0.05) is 38.0 Å². The number of hydrogen-bond acceptors (Lipinski definition) is 6. The molecule has 8 heteroatoms. The Bertz CT molecular complexity index is 1420. The van der Waals surface area contributed by atoms with E-state index in [4.69, 9.17) is 9.15 Å². The second kappa shape index (κ2) is 9.95. The number of aryl methyl sites for hydroxylation is 3. The van der Waals surface area contributed by atoms with Crippen molar-refractivity contribution in [3.05, 3.63) is 69.1 Å². The summed E-state index contributed by atoms with van der Waals surface area (Å²) in [5.74, 6) is -0.724. The van der Waals surface area contributed by atoms with E-state index in [1.54, 1.807) is 31.2 Å². The monoisotopic (exact) mass is 497 g/mol. The maximum Gasteiger partial charge on any atom is 0.339 e. The number of carbonyl (C=O) groups is 1. The largest absolute Gasteiger partial charge is 0.425 e. The first-order valence-corrected chi connectivity index (χ1v) is 13.5. The summed E-state index contributed by atoms with van der Waals surface area (Å²) in [4.78, 5) is 26.0. The lowest BCUT2D eigenvalue weighted by molar-refractivity contribution is -0.137. The zero-order valence-electron chi connectivity index (χ0n) is 20.5. The predicted octanol–water partition coefficient (Wildman–Crippen LogP) is 4.59. The minimum absolute atomic E-state index is 0.0843. The molecular weight excluding hydrogens is 466 g/mol. The summed E-state index contributed by atoms with van der Waals surface area (Å²) in [6.07, 6.45) is 3.72. The topological polar surface area (TPSA) is 103 Å². The Kier molecular flexibility index (Phi) is 7.15. The number of nitrogens with one attached hydrogen (secondary N) is 1. The van der Waals surface area contributed by atoms with Crippen LogP contribution in [0.4, 0.5) is 0 Å². The molecule has 1 N–H and O–H groups in total. The van der Waals surface area contributed by atoms with Gasteiger partial charge in [0, 0.05) is 5.56 Å². The molecule has 2 aromatic carbocycles. The van der Waals surface area contributed by atoms with E-state index < -0.39 is 22.0 Å². The second-order valence-electron chi connectivity index (χ2n) is 9.41. The van der Waals surface area contributed by atoms with E-state index in [0.29, 0.717) is 35.8 Å². The molecule has 0 radical (unpaired) electrons. The van der Waals surface area contributed by atoms with E-state index in [1.807, 2.05) is 20.8 Å². The molecule has 7 nitrogen and oxygen atoms in total. The maximum absolute atomic E-state index is 13.4. The summed E-state index contributed by atoms with van der Waals surface area (Å²) >= 11 is 0. The fraction of sp³-hybridized carbons (Fsp3) is 0.407. The van der Waals surface area contributed by atoms with Crippen LogP contribution in [0.3, 0.4) is 0 Å². The van der Waals surface area contributed by atoms with Gasteiger partial charge in [0.1, 0.15) is 17.4 Å². The summed E-state index contributed by atoms with van der Waals surface area (Å²) in [7, 11) is -3.95. The Morgan fingerprint density at radius 2 is 1.71 bits per heavy atom. The lowest BCUT2D eigenvalue weighted by Crippen LogP contribution is -2.47. The number of carbonyl (C=O) groups excluding carboxylic acids is 1. The van der Waals surface area contributed by atoms with Crippen molar-refractivity contribution in [1.82, 2.24) is 4.72 Å². The molecule has 1 heterocycles. The summed E-state index contributed by atoms with van der Waals surface area (Å²) < 4.78 is 40.1. The molecule has 3 aromatic rings. The molecule has 1 aliphatic carbocycles. The summed E-state index contributed by atoms with van der Waals surface area (Å²) in [5.41, 5.74) is 3.20. The van der Waals surface area contributed by atoms with Crippen LogP contribution in [0.2, 0.25) is 0 Å². The second-order valence-corrected chi connectivity index (χ2v) is 11.1. The van der Waals surface area contributed by atoms with Crippen molar-refractivity contribution in [2.24, 2.45) is 5.92 Å². The summed E-state index contributed by atoms with van der Waals surface area (Å²) in [6, 6.07) is 8.85. The zero-order chi connectivity index (χ0) is 25.3. The third-order valence-electron chi connectivity index (χ3n) is 6.72. The lowest BCUT2D eigenvalue weighted by Gasteiger charge is -2.24. The van der Waals surface area contributed by atoms with Gasteiger partial charge in [-0.2, -0.15) is 4.72 Å². The predicted molar refractivity (Wildman–Crippen MR) is 134 cm³/mol. The fourth-order valence-corrected chi connectivity index (χ4v) is 5.80. The number of fused-ring (bicyclic) bond motifs is 3. The van der Waals surface area contributed by atoms with E-state index in [2.05, 4.69) is 4.72 Å². The highest BCUT2D eigenvalue weighted by Gasteiger charge is 2.32. The van der Waals surface area contributed by atoms with Crippen LogP contribution >= 0.6 is 0 Å². The van der Waals surface area contributed by atoms with Crippen LogP contribution in [0.25, 0.3) is 11.0 Å². The number of esters is 1. The number of hydrogen-bond donors (Lipinski definition) is 1. The van der Waals surface area contributed by atoms with Crippen LogP contribution in [0.15, 0.2) is 50.5 Å². The molecule has 0 unspecified atom stereocenters. The third kappa shape index (κ3) is 5.18. The highest BCUT2D eigenvalue weighted by molar-refractivity contribution is 7.89. The lowest BCUT2D eigenvalue weighted by atomic mass is 9.90. The van der Waals surface area contributed by atoms with Gasteiger partial charge in [0.15, 0.2) is 0 Å². The molecule has 0 aliphatic heterocycles.